The monoisotopic (exact) mass is 318 g/mol. The molecule has 0 amide bonds. The van der Waals surface area contributed by atoms with Gasteiger partial charge >= 0.3 is 0 Å². The third-order valence-corrected chi connectivity index (χ3v) is 4.56. The first-order valence-electron chi connectivity index (χ1n) is 8.10. The van der Waals surface area contributed by atoms with Gasteiger partial charge in [-0.2, -0.15) is 0 Å². The molecule has 0 unspecified atom stereocenters. The predicted octanol–water partition coefficient (Wildman–Crippen LogP) is 6.36. The molecule has 0 saturated heterocycles. The van der Waals surface area contributed by atoms with E-state index < -0.39 is 0 Å². The highest BCUT2D eigenvalue weighted by Gasteiger charge is 2.15. The largest absolute Gasteiger partial charge is 0.143 e. The van der Waals surface area contributed by atoms with Crippen LogP contribution in [0.4, 0.5) is 0 Å². The lowest BCUT2D eigenvalue weighted by Crippen LogP contribution is -1.84. The highest BCUT2D eigenvalue weighted by atomic mass is 32.1. The number of benzene rings is 3. The second-order valence-electron chi connectivity index (χ2n) is 6.24. The van der Waals surface area contributed by atoms with Crippen molar-refractivity contribution in [2.75, 3.05) is 0 Å². The van der Waals surface area contributed by atoms with Gasteiger partial charge in [0.2, 0.25) is 0 Å². The second kappa shape index (κ2) is 7.06. The van der Waals surface area contributed by atoms with Crippen molar-refractivity contribution >= 4 is 12.6 Å². The van der Waals surface area contributed by atoms with Gasteiger partial charge in [-0.25, -0.2) is 0 Å². The zero-order valence-corrected chi connectivity index (χ0v) is 14.6. The number of hydrogen-bond donors (Lipinski definition) is 1. The maximum absolute atomic E-state index is 4.20. The highest BCUT2D eigenvalue weighted by molar-refractivity contribution is 7.80. The Bertz CT molecular complexity index is 742. The molecule has 3 aromatic carbocycles. The van der Waals surface area contributed by atoms with E-state index in [4.69, 9.17) is 0 Å². The van der Waals surface area contributed by atoms with Gasteiger partial charge in [0.25, 0.3) is 0 Å². The first-order chi connectivity index (χ1) is 11.1. The van der Waals surface area contributed by atoms with E-state index in [-0.39, 0.29) is 0 Å². The van der Waals surface area contributed by atoms with Gasteiger partial charge in [-0.05, 0) is 52.3 Å². The van der Waals surface area contributed by atoms with Gasteiger partial charge in [-0.3, -0.25) is 0 Å². The van der Waals surface area contributed by atoms with E-state index in [9.17, 15) is 0 Å². The molecule has 0 radical (unpaired) electrons. The van der Waals surface area contributed by atoms with Gasteiger partial charge in [-0.1, -0.05) is 74.5 Å². The van der Waals surface area contributed by atoms with Gasteiger partial charge in [0.15, 0.2) is 0 Å². The first kappa shape index (κ1) is 15.9. The Labute approximate surface area is 144 Å². The van der Waals surface area contributed by atoms with E-state index in [2.05, 4.69) is 87.1 Å². The summed E-state index contributed by atoms with van der Waals surface area (Å²) in [5.74, 6) is 0.619. The molecule has 0 atom stereocenters. The average Bonchev–Trinajstić information content (AvgIpc) is 2.94. The Balaban J connectivity index is 0.000000142. The molecule has 23 heavy (non-hydrogen) atoms. The SMILES string of the molecule is CC(C)c1ccc(S)cc1.c1ccc2c(c1)Cc1ccccc1-2. The smallest absolute Gasteiger partial charge is 0.00401 e. The molecular weight excluding hydrogens is 296 g/mol. The van der Waals surface area contributed by atoms with Crippen molar-refractivity contribution in [1.29, 1.82) is 0 Å². The molecule has 0 N–H and O–H groups in total. The van der Waals surface area contributed by atoms with E-state index in [0.717, 1.165) is 11.3 Å². The van der Waals surface area contributed by atoms with E-state index in [1.165, 1.54) is 27.8 Å². The molecular formula is C22H22S. The summed E-state index contributed by atoms with van der Waals surface area (Å²) in [7, 11) is 0. The zero-order chi connectivity index (χ0) is 16.2. The summed E-state index contributed by atoms with van der Waals surface area (Å²) in [6.45, 7) is 4.38. The van der Waals surface area contributed by atoms with Crippen LogP contribution in [0.25, 0.3) is 11.1 Å². The van der Waals surface area contributed by atoms with Crippen molar-refractivity contribution in [3.05, 3.63) is 89.5 Å². The van der Waals surface area contributed by atoms with Gasteiger partial charge in [-0.15, -0.1) is 12.6 Å². The van der Waals surface area contributed by atoms with Crippen LogP contribution in [-0.2, 0) is 6.42 Å². The van der Waals surface area contributed by atoms with Crippen LogP contribution < -0.4 is 0 Å². The standard InChI is InChI=1S/C13H10.C9H12S/c1-3-7-12-10(5-1)9-11-6-2-4-8-13(11)12;1-7(2)8-3-5-9(10)6-4-8/h1-8H,9H2;3-7,10H,1-2H3. The van der Waals surface area contributed by atoms with Crippen molar-refractivity contribution < 1.29 is 0 Å². The average molecular weight is 318 g/mol. The third-order valence-electron chi connectivity index (χ3n) is 4.27. The van der Waals surface area contributed by atoms with Gasteiger partial charge in [0.05, 0.1) is 0 Å². The van der Waals surface area contributed by atoms with E-state index in [0.29, 0.717) is 5.92 Å². The molecule has 4 rings (SSSR count). The molecule has 0 spiro atoms. The fourth-order valence-corrected chi connectivity index (χ4v) is 3.09. The van der Waals surface area contributed by atoms with Gasteiger partial charge in [0.1, 0.15) is 0 Å². The topological polar surface area (TPSA) is 0 Å². The van der Waals surface area contributed by atoms with Crippen LogP contribution in [-0.4, -0.2) is 0 Å². The molecule has 0 bridgehead atoms. The van der Waals surface area contributed by atoms with Crippen LogP contribution >= 0.6 is 12.6 Å². The molecule has 116 valence electrons. The summed E-state index contributed by atoms with van der Waals surface area (Å²) in [6, 6.07) is 25.6. The predicted molar refractivity (Wildman–Crippen MR) is 102 cm³/mol. The van der Waals surface area contributed by atoms with Gasteiger partial charge in [0, 0.05) is 4.90 Å². The Hall–Kier alpha value is -1.99. The number of thiol groups is 1. The summed E-state index contributed by atoms with van der Waals surface area (Å²) in [5, 5.41) is 0. The number of rotatable bonds is 1. The molecule has 1 heteroatoms. The van der Waals surface area contributed by atoms with Crippen LogP contribution in [0.3, 0.4) is 0 Å². The lowest BCUT2D eigenvalue weighted by molar-refractivity contribution is 0.865. The fourth-order valence-electron chi connectivity index (χ4n) is 2.94. The van der Waals surface area contributed by atoms with Crippen LogP contribution in [0.5, 0.6) is 0 Å². The summed E-state index contributed by atoms with van der Waals surface area (Å²) in [6.07, 6.45) is 1.10. The van der Waals surface area contributed by atoms with Crippen LogP contribution in [0.15, 0.2) is 77.7 Å². The molecule has 0 aromatic heterocycles. The second-order valence-corrected chi connectivity index (χ2v) is 6.75. The number of hydrogen-bond acceptors (Lipinski definition) is 1. The molecule has 0 aliphatic heterocycles. The summed E-state index contributed by atoms with van der Waals surface area (Å²) in [5.41, 5.74) is 7.13. The molecule has 0 nitrogen and oxygen atoms in total. The minimum absolute atomic E-state index is 0.619. The Kier molecular flexibility index (Phi) is 4.88. The van der Waals surface area contributed by atoms with Crippen LogP contribution in [0, 0.1) is 0 Å². The maximum atomic E-state index is 4.20. The van der Waals surface area contributed by atoms with Crippen molar-refractivity contribution in [3.8, 4) is 11.1 Å². The van der Waals surface area contributed by atoms with E-state index in [1.54, 1.807) is 0 Å². The summed E-state index contributed by atoms with van der Waals surface area (Å²) >= 11 is 4.20. The lowest BCUT2D eigenvalue weighted by atomic mass is 10.0. The third kappa shape index (κ3) is 3.68. The Morgan fingerprint density at radius 2 is 1.17 bits per heavy atom. The van der Waals surface area contributed by atoms with Crippen molar-refractivity contribution in [2.45, 2.75) is 31.1 Å². The molecule has 1 aliphatic rings. The van der Waals surface area contributed by atoms with Crippen molar-refractivity contribution in [2.24, 2.45) is 0 Å². The maximum Gasteiger partial charge on any atom is 0.00401 e. The highest BCUT2D eigenvalue weighted by Crippen LogP contribution is 2.35. The molecule has 0 heterocycles. The Morgan fingerprint density at radius 3 is 1.65 bits per heavy atom. The van der Waals surface area contributed by atoms with E-state index >= 15 is 0 Å². The zero-order valence-electron chi connectivity index (χ0n) is 13.7. The molecule has 0 fully saturated rings. The fraction of sp³-hybridized carbons (Fsp3) is 0.182. The van der Waals surface area contributed by atoms with Crippen molar-refractivity contribution in [1.82, 2.24) is 0 Å². The van der Waals surface area contributed by atoms with Crippen LogP contribution in [0.2, 0.25) is 0 Å². The molecule has 0 saturated carbocycles. The minimum Gasteiger partial charge on any atom is -0.143 e. The summed E-state index contributed by atoms with van der Waals surface area (Å²) < 4.78 is 0. The molecule has 1 aliphatic carbocycles. The van der Waals surface area contributed by atoms with Gasteiger partial charge < -0.3 is 0 Å². The lowest BCUT2D eigenvalue weighted by Gasteiger charge is -2.03. The normalized spacial score (nSPS) is 11.5. The Morgan fingerprint density at radius 1 is 0.696 bits per heavy atom. The molecule has 3 aromatic rings. The first-order valence-corrected chi connectivity index (χ1v) is 8.55. The van der Waals surface area contributed by atoms with E-state index in [1.807, 2.05) is 12.1 Å². The van der Waals surface area contributed by atoms with Crippen molar-refractivity contribution in [3.63, 3.8) is 0 Å². The number of fused-ring (bicyclic) bond motifs is 3. The minimum atomic E-state index is 0.619. The van der Waals surface area contributed by atoms with Crippen LogP contribution in [0.1, 0.15) is 36.5 Å². The summed E-state index contributed by atoms with van der Waals surface area (Å²) in [4.78, 5) is 1.03. The quantitative estimate of drug-likeness (QED) is 0.388.